The van der Waals surface area contributed by atoms with Gasteiger partial charge in [0.25, 0.3) is 0 Å². The highest BCUT2D eigenvalue weighted by atomic mass is 16.3. The summed E-state index contributed by atoms with van der Waals surface area (Å²) in [6.45, 7) is 4.85. The first kappa shape index (κ1) is 15.4. The lowest BCUT2D eigenvalue weighted by molar-refractivity contribution is -0.122. The fraction of sp³-hybridized carbons (Fsp3) is 1.00. The molecule has 0 heterocycles. The maximum absolute atomic E-state index is 10.4. The summed E-state index contributed by atoms with van der Waals surface area (Å²) in [4.78, 5) is 0. The maximum Gasteiger partial charge on any atom is 0.0699 e. The predicted octanol–water partition coefficient (Wildman–Crippen LogP) is 2.69. The molecular formula is C19H33NO2. The molecule has 0 unspecified atom stereocenters. The fourth-order valence-electron chi connectivity index (χ4n) is 7.29. The first-order valence-corrected chi connectivity index (χ1v) is 9.48. The lowest BCUT2D eigenvalue weighted by atomic mass is 9.45. The molecule has 4 saturated carbocycles. The van der Waals surface area contributed by atoms with Gasteiger partial charge in [-0.2, -0.15) is 0 Å². The van der Waals surface area contributed by atoms with Crippen LogP contribution in [0.4, 0.5) is 0 Å². The Morgan fingerprint density at radius 3 is 2.36 bits per heavy atom. The lowest BCUT2D eigenvalue weighted by Gasteiger charge is -2.60. The van der Waals surface area contributed by atoms with Crippen LogP contribution < -0.4 is 5.73 Å². The highest BCUT2D eigenvalue weighted by molar-refractivity contribution is 5.12. The monoisotopic (exact) mass is 307 g/mol. The standard InChI is InChI=1S/C19H33NO2/c1-18-7-5-12(21)9-11(18)3-4-13-14(18)6-8-19(2)15(13)10-16(22)17(19)20/h11-17,21-22H,3-10,20H2,1-2H3/t11-,12-,13+,14-,15-,16+,17-,18-,19-/m0/s1. The number of nitrogens with two attached hydrogens (primary N) is 1. The van der Waals surface area contributed by atoms with Gasteiger partial charge in [0, 0.05) is 6.04 Å². The van der Waals surface area contributed by atoms with E-state index < -0.39 is 0 Å². The quantitative estimate of drug-likeness (QED) is 0.644. The molecule has 0 saturated heterocycles. The summed E-state index contributed by atoms with van der Waals surface area (Å²) in [5.41, 5.74) is 6.96. The number of fused-ring (bicyclic) bond motifs is 5. The third-order valence-corrected chi connectivity index (χ3v) is 8.75. The van der Waals surface area contributed by atoms with Crippen LogP contribution in [0, 0.1) is 34.5 Å². The molecule has 4 aliphatic carbocycles. The largest absolute Gasteiger partial charge is 0.393 e. The van der Waals surface area contributed by atoms with Gasteiger partial charge in [-0.1, -0.05) is 13.8 Å². The van der Waals surface area contributed by atoms with Gasteiger partial charge >= 0.3 is 0 Å². The Morgan fingerprint density at radius 1 is 0.864 bits per heavy atom. The molecule has 9 atom stereocenters. The van der Waals surface area contributed by atoms with Crippen molar-refractivity contribution in [2.45, 2.75) is 83.5 Å². The van der Waals surface area contributed by atoms with Crippen molar-refractivity contribution in [1.82, 2.24) is 0 Å². The van der Waals surface area contributed by atoms with Crippen LogP contribution in [-0.2, 0) is 0 Å². The molecule has 126 valence electrons. The molecule has 0 aliphatic heterocycles. The minimum atomic E-state index is -0.299. The smallest absolute Gasteiger partial charge is 0.0699 e. The number of aliphatic hydroxyl groups excluding tert-OH is 2. The second-order valence-corrected chi connectivity index (χ2v) is 9.46. The van der Waals surface area contributed by atoms with E-state index in [1.54, 1.807) is 0 Å². The third kappa shape index (κ3) is 1.91. The summed E-state index contributed by atoms with van der Waals surface area (Å²) >= 11 is 0. The minimum absolute atomic E-state index is 0.0304. The summed E-state index contributed by atoms with van der Waals surface area (Å²) < 4.78 is 0. The van der Waals surface area contributed by atoms with Crippen LogP contribution >= 0.6 is 0 Å². The van der Waals surface area contributed by atoms with Crippen molar-refractivity contribution < 1.29 is 10.2 Å². The summed E-state index contributed by atoms with van der Waals surface area (Å²) in [6.07, 6.45) is 8.77. The molecule has 0 aromatic rings. The molecule has 0 bridgehead atoms. The Kier molecular flexibility index (Phi) is 3.46. The van der Waals surface area contributed by atoms with E-state index in [4.69, 9.17) is 5.73 Å². The summed E-state index contributed by atoms with van der Waals surface area (Å²) in [5, 5.41) is 20.4. The molecule has 0 radical (unpaired) electrons. The van der Waals surface area contributed by atoms with Crippen LogP contribution in [0.3, 0.4) is 0 Å². The molecule has 22 heavy (non-hydrogen) atoms. The van der Waals surface area contributed by atoms with E-state index in [0.29, 0.717) is 17.3 Å². The van der Waals surface area contributed by atoms with Crippen molar-refractivity contribution >= 4 is 0 Å². The van der Waals surface area contributed by atoms with Crippen LogP contribution in [-0.4, -0.2) is 28.5 Å². The van der Waals surface area contributed by atoms with Gasteiger partial charge in [-0.25, -0.2) is 0 Å². The molecule has 3 heteroatoms. The Labute approximate surface area is 134 Å². The van der Waals surface area contributed by atoms with Crippen LogP contribution in [0.1, 0.15) is 65.2 Å². The zero-order chi connectivity index (χ0) is 15.7. The SMILES string of the molecule is C[C@]12CC[C@H](O)C[C@@H]1CC[C@@H]1[C@@H]2CC[C@]2(C)[C@@H](N)[C@H](O)C[C@@H]12. The molecule has 0 spiro atoms. The predicted molar refractivity (Wildman–Crippen MR) is 87.1 cm³/mol. The summed E-state index contributed by atoms with van der Waals surface area (Å²) in [5.74, 6) is 2.86. The average Bonchev–Trinajstić information content (AvgIpc) is 2.72. The molecule has 3 nitrogen and oxygen atoms in total. The number of rotatable bonds is 0. The zero-order valence-corrected chi connectivity index (χ0v) is 14.2. The second kappa shape index (κ2) is 4.94. The van der Waals surface area contributed by atoms with Gasteiger partial charge in [-0.3, -0.25) is 0 Å². The molecule has 0 aromatic carbocycles. The third-order valence-electron chi connectivity index (χ3n) is 8.75. The van der Waals surface area contributed by atoms with Crippen LogP contribution in [0.25, 0.3) is 0 Å². The second-order valence-electron chi connectivity index (χ2n) is 9.46. The maximum atomic E-state index is 10.4. The lowest BCUT2D eigenvalue weighted by Crippen LogP contribution is -2.55. The van der Waals surface area contributed by atoms with Crippen molar-refractivity contribution in [3.05, 3.63) is 0 Å². The van der Waals surface area contributed by atoms with Crippen LogP contribution in [0.15, 0.2) is 0 Å². The van der Waals surface area contributed by atoms with E-state index in [1.165, 1.54) is 32.1 Å². The van der Waals surface area contributed by atoms with Gasteiger partial charge in [-0.05, 0) is 85.9 Å². The van der Waals surface area contributed by atoms with Crippen molar-refractivity contribution in [3.63, 3.8) is 0 Å². The first-order chi connectivity index (χ1) is 10.4. The van der Waals surface area contributed by atoms with Gasteiger partial charge in [-0.15, -0.1) is 0 Å². The van der Waals surface area contributed by atoms with E-state index in [9.17, 15) is 10.2 Å². The molecular weight excluding hydrogens is 274 g/mol. The average molecular weight is 307 g/mol. The topological polar surface area (TPSA) is 66.5 Å². The van der Waals surface area contributed by atoms with Gasteiger partial charge in [0.2, 0.25) is 0 Å². The van der Waals surface area contributed by atoms with Gasteiger partial charge < -0.3 is 15.9 Å². The van der Waals surface area contributed by atoms with E-state index in [-0.39, 0.29) is 23.7 Å². The van der Waals surface area contributed by atoms with Gasteiger partial charge in [0.05, 0.1) is 12.2 Å². The van der Waals surface area contributed by atoms with Crippen LogP contribution in [0.2, 0.25) is 0 Å². The zero-order valence-electron chi connectivity index (χ0n) is 14.2. The summed E-state index contributed by atoms with van der Waals surface area (Å²) in [7, 11) is 0. The number of aliphatic hydroxyl groups is 2. The van der Waals surface area contributed by atoms with Crippen molar-refractivity contribution in [2.24, 2.45) is 40.2 Å². The van der Waals surface area contributed by atoms with E-state index >= 15 is 0 Å². The van der Waals surface area contributed by atoms with Crippen molar-refractivity contribution in [3.8, 4) is 0 Å². The molecule has 4 rings (SSSR count). The van der Waals surface area contributed by atoms with E-state index in [0.717, 1.165) is 31.1 Å². The van der Waals surface area contributed by atoms with Gasteiger partial charge in [0.1, 0.15) is 0 Å². The molecule has 0 aromatic heterocycles. The Balaban J connectivity index is 1.63. The molecule has 4 aliphatic rings. The Morgan fingerprint density at radius 2 is 1.59 bits per heavy atom. The molecule has 4 N–H and O–H groups in total. The fourth-order valence-corrected chi connectivity index (χ4v) is 7.29. The van der Waals surface area contributed by atoms with Gasteiger partial charge in [0.15, 0.2) is 0 Å². The Bertz CT molecular complexity index is 455. The summed E-state index contributed by atoms with van der Waals surface area (Å²) in [6, 6.07) is -0.0304. The highest BCUT2D eigenvalue weighted by Crippen LogP contribution is 2.65. The highest BCUT2D eigenvalue weighted by Gasteiger charge is 2.61. The van der Waals surface area contributed by atoms with Crippen molar-refractivity contribution in [2.75, 3.05) is 0 Å². The number of hydrogen-bond donors (Lipinski definition) is 3. The normalized spacial score (nSPS) is 61.2. The molecule has 4 fully saturated rings. The van der Waals surface area contributed by atoms with Crippen LogP contribution in [0.5, 0.6) is 0 Å². The van der Waals surface area contributed by atoms with Crippen molar-refractivity contribution in [1.29, 1.82) is 0 Å². The number of hydrogen-bond acceptors (Lipinski definition) is 3. The molecule has 0 amide bonds. The first-order valence-electron chi connectivity index (χ1n) is 9.48. The van der Waals surface area contributed by atoms with E-state index in [1.807, 2.05) is 0 Å². The Hall–Kier alpha value is -0.120. The minimum Gasteiger partial charge on any atom is -0.393 e. The van der Waals surface area contributed by atoms with E-state index in [2.05, 4.69) is 13.8 Å².